The standard InChI is InChI=1S/2C20H20F2N6O2/c2*1-20(2-3-28(12-16(20)22)19-25-9-15(21)10-26-19)18(29)27-4-5-30-17-13(6-23)7-24-8-14(17)11-27/h2*7-10,16H,2-5,11-12H2,1H3/t2*16-,20+/m10/s1. The number of nitrogens with zero attached hydrogens (tertiary/aromatic N) is 12. The first-order chi connectivity index (χ1) is 28.8. The summed E-state index contributed by atoms with van der Waals surface area (Å²) in [6, 6.07) is 4.07. The maximum atomic E-state index is 15.3. The molecule has 4 aromatic rings. The largest absolute Gasteiger partial charge is 0.490 e. The summed E-state index contributed by atoms with van der Waals surface area (Å²) >= 11 is 0. The number of rotatable bonds is 4. The molecule has 312 valence electrons. The number of alkyl halides is 2. The lowest BCUT2D eigenvalue weighted by Crippen LogP contribution is -2.56. The fourth-order valence-corrected chi connectivity index (χ4v) is 7.67. The Balaban J connectivity index is 0.000000181. The number of pyridine rings is 2. The second-order valence-electron chi connectivity index (χ2n) is 15.3. The summed E-state index contributed by atoms with van der Waals surface area (Å²) < 4.78 is 68.0. The third-order valence-corrected chi connectivity index (χ3v) is 11.4. The first kappa shape index (κ1) is 41.5. The van der Waals surface area contributed by atoms with Gasteiger partial charge < -0.3 is 29.1 Å². The smallest absolute Gasteiger partial charge is 0.232 e. The highest BCUT2D eigenvalue weighted by molar-refractivity contribution is 5.84. The summed E-state index contributed by atoms with van der Waals surface area (Å²) in [7, 11) is 0. The Bertz CT molecular complexity index is 2150. The van der Waals surface area contributed by atoms with Gasteiger partial charge in [0.15, 0.2) is 11.6 Å². The highest BCUT2D eigenvalue weighted by Gasteiger charge is 2.49. The second kappa shape index (κ2) is 17.3. The molecule has 0 bridgehead atoms. The first-order valence-electron chi connectivity index (χ1n) is 19.2. The number of fused-ring (bicyclic) bond motifs is 2. The van der Waals surface area contributed by atoms with Gasteiger partial charge >= 0.3 is 0 Å². The van der Waals surface area contributed by atoms with E-state index in [2.05, 4.69) is 29.9 Å². The summed E-state index contributed by atoms with van der Waals surface area (Å²) in [6.07, 6.45) is 7.70. The van der Waals surface area contributed by atoms with Crippen molar-refractivity contribution in [1.82, 2.24) is 39.7 Å². The van der Waals surface area contributed by atoms with Gasteiger partial charge in [0.05, 0.1) is 74.9 Å². The number of nitriles is 2. The number of hydrogen-bond acceptors (Lipinski definition) is 14. The molecular formula is C40H40F4N12O4. The normalized spacial score (nSPS) is 23.7. The Morgan fingerprint density at radius 1 is 0.650 bits per heavy atom. The SMILES string of the molecule is C[C@@]1(C(=O)N2CCOc3c(C#N)cncc3C2)CCN(c2ncc(F)cn2)C[C@@H]1F.C[C@]1(C(=O)N2CCOc3c(C#N)cncc3C2)CCN(c2ncc(F)cn2)C[C@H]1F. The molecule has 4 aliphatic rings. The van der Waals surface area contributed by atoms with Gasteiger partial charge in [0.25, 0.3) is 0 Å². The van der Waals surface area contributed by atoms with E-state index in [-0.39, 0.29) is 89.0 Å². The minimum absolute atomic E-state index is 0.0606. The average Bonchev–Trinajstić information content (AvgIpc) is 3.63. The Hall–Kier alpha value is -6.70. The number of halogens is 4. The van der Waals surface area contributed by atoms with E-state index in [1.54, 1.807) is 45.8 Å². The minimum Gasteiger partial charge on any atom is -0.490 e. The lowest BCUT2D eigenvalue weighted by Gasteiger charge is -2.43. The van der Waals surface area contributed by atoms with Crippen LogP contribution in [0.15, 0.2) is 49.6 Å². The van der Waals surface area contributed by atoms with Gasteiger partial charge in [0.1, 0.15) is 60.3 Å². The van der Waals surface area contributed by atoms with Gasteiger partial charge in [-0.2, -0.15) is 10.5 Å². The molecule has 0 unspecified atom stereocenters. The molecule has 8 heterocycles. The van der Waals surface area contributed by atoms with Crippen molar-refractivity contribution in [3.63, 3.8) is 0 Å². The molecule has 4 aliphatic heterocycles. The molecule has 2 saturated heterocycles. The van der Waals surface area contributed by atoms with Crippen LogP contribution >= 0.6 is 0 Å². The predicted octanol–water partition coefficient (Wildman–Crippen LogP) is 3.72. The molecule has 20 heteroatoms. The third kappa shape index (κ3) is 8.27. The van der Waals surface area contributed by atoms with Gasteiger partial charge in [-0.15, -0.1) is 0 Å². The number of hydrogen-bond donors (Lipinski definition) is 0. The summed E-state index contributed by atoms with van der Waals surface area (Å²) in [5.41, 5.74) is -0.581. The molecule has 0 saturated carbocycles. The molecule has 4 aromatic heterocycles. The zero-order valence-electron chi connectivity index (χ0n) is 32.8. The zero-order valence-corrected chi connectivity index (χ0v) is 32.8. The van der Waals surface area contributed by atoms with Crippen LogP contribution in [0.1, 0.15) is 48.9 Å². The van der Waals surface area contributed by atoms with Gasteiger partial charge in [-0.25, -0.2) is 37.5 Å². The predicted molar refractivity (Wildman–Crippen MR) is 203 cm³/mol. The molecule has 0 spiro atoms. The van der Waals surface area contributed by atoms with Gasteiger partial charge in [-0.1, -0.05) is 0 Å². The van der Waals surface area contributed by atoms with Crippen molar-refractivity contribution in [2.45, 2.75) is 52.1 Å². The molecule has 2 amide bonds. The van der Waals surface area contributed by atoms with Crippen molar-refractivity contribution in [3.05, 3.63) is 83.5 Å². The number of ether oxygens (including phenoxy) is 2. The summed E-state index contributed by atoms with van der Waals surface area (Å²) in [6.45, 7) is 5.25. The van der Waals surface area contributed by atoms with Crippen LogP contribution in [-0.2, 0) is 22.7 Å². The maximum Gasteiger partial charge on any atom is 0.232 e. The van der Waals surface area contributed by atoms with E-state index in [1.165, 1.54) is 12.4 Å². The van der Waals surface area contributed by atoms with E-state index in [4.69, 9.17) is 9.47 Å². The van der Waals surface area contributed by atoms with Crippen molar-refractivity contribution in [2.75, 3.05) is 62.3 Å². The van der Waals surface area contributed by atoms with E-state index in [0.29, 0.717) is 46.8 Å². The minimum atomic E-state index is -1.46. The van der Waals surface area contributed by atoms with Crippen LogP contribution in [0.4, 0.5) is 29.5 Å². The summed E-state index contributed by atoms with van der Waals surface area (Å²) in [5, 5.41) is 18.5. The highest BCUT2D eigenvalue weighted by Crippen LogP contribution is 2.39. The van der Waals surface area contributed by atoms with Crippen LogP contribution in [0.3, 0.4) is 0 Å². The maximum absolute atomic E-state index is 15.3. The van der Waals surface area contributed by atoms with Crippen molar-refractivity contribution in [2.24, 2.45) is 10.8 Å². The molecule has 0 N–H and O–H groups in total. The lowest BCUT2D eigenvalue weighted by atomic mass is 9.77. The Morgan fingerprint density at radius 3 is 1.38 bits per heavy atom. The fourth-order valence-electron chi connectivity index (χ4n) is 7.67. The third-order valence-electron chi connectivity index (χ3n) is 11.4. The van der Waals surface area contributed by atoms with Crippen LogP contribution in [0, 0.1) is 45.1 Å². The number of piperidine rings is 2. The van der Waals surface area contributed by atoms with Crippen LogP contribution in [0.5, 0.6) is 11.5 Å². The van der Waals surface area contributed by atoms with Crippen molar-refractivity contribution >= 4 is 23.7 Å². The topological polar surface area (TPSA) is 190 Å². The second-order valence-corrected chi connectivity index (χ2v) is 15.3. The van der Waals surface area contributed by atoms with Crippen LogP contribution in [0.25, 0.3) is 0 Å². The van der Waals surface area contributed by atoms with Gasteiger partial charge in [-0.05, 0) is 26.7 Å². The summed E-state index contributed by atoms with van der Waals surface area (Å²) in [4.78, 5) is 56.7. The van der Waals surface area contributed by atoms with Crippen molar-refractivity contribution in [1.29, 1.82) is 10.5 Å². The van der Waals surface area contributed by atoms with Gasteiger partial charge in [-0.3, -0.25) is 19.6 Å². The molecule has 8 rings (SSSR count). The van der Waals surface area contributed by atoms with E-state index >= 15 is 8.78 Å². The van der Waals surface area contributed by atoms with E-state index in [9.17, 15) is 28.9 Å². The Labute approximate surface area is 342 Å². The highest BCUT2D eigenvalue weighted by atomic mass is 19.1. The van der Waals surface area contributed by atoms with E-state index < -0.39 is 34.8 Å². The van der Waals surface area contributed by atoms with Gasteiger partial charge in [0, 0.05) is 49.0 Å². The molecule has 2 fully saturated rings. The molecule has 0 radical (unpaired) electrons. The number of anilines is 2. The molecule has 0 aliphatic carbocycles. The van der Waals surface area contributed by atoms with Crippen LogP contribution in [-0.4, -0.2) is 116 Å². The molecule has 60 heavy (non-hydrogen) atoms. The first-order valence-corrected chi connectivity index (χ1v) is 19.2. The monoisotopic (exact) mass is 828 g/mol. The number of aromatic nitrogens is 6. The average molecular weight is 829 g/mol. The number of amides is 2. The van der Waals surface area contributed by atoms with Crippen molar-refractivity contribution in [3.8, 4) is 23.6 Å². The number of carbonyl (C=O) groups excluding carboxylic acids is 2. The van der Waals surface area contributed by atoms with Gasteiger partial charge in [0.2, 0.25) is 23.7 Å². The van der Waals surface area contributed by atoms with Crippen molar-refractivity contribution < 1.29 is 36.6 Å². The molecule has 0 aromatic carbocycles. The number of carbonyl (C=O) groups is 2. The lowest BCUT2D eigenvalue weighted by molar-refractivity contribution is -0.148. The molecular weight excluding hydrogens is 789 g/mol. The summed E-state index contributed by atoms with van der Waals surface area (Å²) in [5.74, 6) is -0.430. The van der Waals surface area contributed by atoms with E-state index in [1.807, 2.05) is 12.1 Å². The van der Waals surface area contributed by atoms with Crippen LogP contribution < -0.4 is 19.3 Å². The van der Waals surface area contributed by atoms with E-state index in [0.717, 1.165) is 24.8 Å². The zero-order chi connectivity index (χ0) is 42.6. The van der Waals surface area contributed by atoms with Crippen LogP contribution in [0.2, 0.25) is 0 Å². The fraction of sp³-hybridized carbons (Fsp3) is 0.450. The molecule has 4 atom stereocenters. The Kier molecular flexibility index (Phi) is 11.9. The Morgan fingerprint density at radius 2 is 1.03 bits per heavy atom. The molecule has 16 nitrogen and oxygen atoms in total. The quantitative estimate of drug-likeness (QED) is 0.271.